The van der Waals surface area contributed by atoms with Crippen LogP contribution in [0.15, 0.2) is 33.2 Å². The molecule has 1 aromatic carbocycles. The van der Waals surface area contributed by atoms with Crippen molar-refractivity contribution in [2.75, 3.05) is 13.1 Å². The van der Waals surface area contributed by atoms with Gasteiger partial charge in [0.1, 0.15) is 11.3 Å². The van der Waals surface area contributed by atoms with E-state index in [1.165, 1.54) is 6.42 Å². The van der Waals surface area contributed by atoms with Crippen molar-refractivity contribution in [2.24, 2.45) is 11.7 Å². The topological polar surface area (TPSA) is 42.4 Å². The zero-order chi connectivity index (χ0) is 14.3. The van der Waals surface area contributed by atoms with Gasteiger partial charge in [-0.25, -0.2) is 0 Å². The number of hydrogen-bond donors (Lipinski definition) is 1. The Hall–Kier alpha value is -0.840. The van der Waals surface area contributed by atoms with E-state index in [0.29, 0.717) is 12.0 Å². The third kappa shape index (κ3) is 2.65. The molecule has 2 heterocycles. The molecule has 3 nitrogen and oxygen atoms in total. The first-order valence-corrected chi connectivity index (χ1v) is 8.02. The summed E-state index contributed by atoms with van der Waals surface area (Å²) in [4.78, 5) is 2.47. The third-order valence-electron chi connectivity index (χ3n) is 4.46. The van der Waals surface area contributed by atoms with Crippen LogP contribution >= 0.6 is 15.9 Å². The quantitative estimate of drug-likeness (QED) is 0.923. The molecule has 0 amide bonds. The van der Waals surface area contributed by atoms with Crippen molar-refractivity contribution >= 4 is 26.9 Å². The standard InChI is InChI=1S/C16H21BrN2O/c1-10(18)12-5-6-19(9-12)11(2)16-8-13-7-14(17)3-4-15(13)20-16/h3-4,7-8,10-12H,5-6,9,18H2,1-2H3. The first-order chi connectivity index (χ1) is 9.54. The maximum Gasteiger partial charge on any atom is 0.134 e. The average molecular weight is 337 g/mol. The summed E-state index contributed by atoms with van der Waals surface area (Å²) in [7, 11) is 0. The van der Waals surface area contributed by atoms with Gasteiger partial charge >= 0.3 is 0 Å². The molecule has 0 saturated carbocycles. The largest absolute Gasteiger partial charge is 0.459 e. The SMILES string of the molecule is CC(N)C1CCN(C(C)c2cc3cc(Br)ccc3o2)C1. The highest BCUT2D eigenvalue weighted by atomic mass is 79.9. The van der Waals surface area contributed by atoms with Crippen molar-refractivity contribution in [3.8, 4) is 0 Å². The van der Waals surface area contributed by atoms with Gasteiger partial charge in [-0.2, -0.15) is 0 Å². The Morgan fingerprint density at radius 3 is 2.85 bits per heavy atom. The molecule has 0 spiro atoms. The number of rotatable bonds is 3. The Kier molecular flexibility index (Phi) is 3.89. The van der Waals surface area contributed by atoms with E-state index >= 15 is 0 Å². The summed E-state index contributed by atoms with van der Waals surface area (Å²) in [6, 6.07) is 8.88. The smallest absolute Gasteiger partial charge is 0.134 e. The monoisotopic (exact) mass is 336 g/mol. The molecule has 108 valence electrons. The van der Waals surface area contributed by atoms with Gasteiger partial charge in [0.25, 0.3) is 0 Å². The summed E-state index contributed by atoms with van der Waals surface area (Å²) < 4.78 is 7.09. The number of furan rings is 1. The van der Waals surface area contributed by atoms with Crippen LogP contribution in [0.4, 0.5) is 0 Å². The molecule has 3 rings (SSSR count). The lowest BCUT2D eigenvalue weighted by Crippen LogP contribution is -2.30. The van der Waals surface area contributed by atoms with Gasteiger partial charge in [0.05, 0.1) is 6.04 Å². The van der Waals surface area contributed by atoms with E-state index < -0.39 is 0 Å². The second-order valence-electron chi connectivity index (χ2n) is 5.91. The predicted octanol–water partition coefficient (Wildman–Crippen LogP) is 3.93. The number of likely N-dealkylation sites (tertiary alicyclic amines) is 1. The Morgan fingerprint density at radius 1 is 1.35 bits per heavy atom. The number of nitrogens with two attached hydrogens (primary N) is 1. The molecule has 3 unspecified atom stereocenters. The fourth-order valence-electron chi connectivity index (χ4n) is 3.02. The molecule has 2 N–H and O–H groups in total. The molecule has 0 bridgehead atoms. The van der Waals surface area contributed by atoms with Gasteiger partial charge in [0.2, 0.25) is 0 Å². The first kappa shape index (κ1) is 14.1. The highest BCUT2D eigenvalue weighted by molar-refractivity contribution is 9.10. The lowest BCUT2D eigenvalue weighted by atomic mass is 10.0. The van der Waals surface area contributed by atoms with E-state index in [9.17, 15) is 0 Å². The van der Waals surface area contributed by atoms with Gasteiger partial charge in [0, 0.05) is 22.4 Å². The summed E-state index contributed by atoms with van der Waals surface area (Å²) in [5.41, 5.74) is 6.98. The Morgan fingerprint density at radius 2 is 2.15 bits per heavy atom. The van der Waals surface area contributed by atoms with Crippen molar-refractivity contribution in [2.45, 2.75) is 32.4 Å². The normalized spacial score (nSPS) is 23.3. The van der Waals surface area contributed by atoms with Crippen LogP contribution in [0.5, 0.6) is 0 Å². The van der Waals surface area contributed by atoms with Crippen LogP contribution in [0.2, 0.25) is 0 Å². The minimum atomic E-state index is 0.277. The Labute approximate surface area is 128 Å². The molecule has 2 aromatic rings. The van der Waals surface area contributed by atoms with E-state index in [4.69, 9.17) is 10.2 Å². The molecule has 3 atom stereocenters. The maximum absolute atomic E-state index is 6.02. The Balaban J connectivity index is 1.80. The zero-order valence-electron chi connectivity index (χ0n) is 12.0. The van der Waals surface area contributed by atoms with E-state index in [1.807, 2.05) is 12.1 Å². The van der Waals surface area contributed by atoms with E-state index in [2.05, 4.69) is 46.8 Å². The number of benzene rings is 1. The van der Waals surface area contributed by atoms with E-state index in [0.717, 1.165) is 34.3 Å². The van der Waals surface area contributed by atoms with E-state index in [-0.39, 0.29) is 6.04 Å². The molecule has 0 aliphatic carbocycles. The maximum atomic E-state index is 6.02. The van der Waals surface area contributed by atoms with Crippen LogP contribution in [0.25, 0.3) is 11.0 Å². The van der Waals surface area contributed by atoms with Gasteiger partial charge in [-0.1, -0.05) is 15.9 Å². The molecule has 1 aromatic heterocycles. The van der Waals surface area contributed by atoms with Crippen LogP contribution in [0, 0.1) is 5.92 Å². The highest BCUT2D eigenvalue weighted by Gasteiger charge is 2.30. The van der Waals surface area contributed by atoms with Gasteiger partial charge in [0.15, 0.2) is 0 Å². The van der Waals surface area contributed by atoms with E-state index in [1.54, 1.807) is 0 Å². The van der Waals surface area contributed by atoms with Crippen LogP contribution in [-0.2, 0) is 0 Å². The number of hydrogen-bond acceptors (Lipinski definition) is 3. The minimum Gasteiger partial charge on any atom is -0.459 e. The molecule has 1 aliphatic heterocycles. The Bertz CT molecular complexity index is 608. The molecule has 20 heavy (non-hydrogen) atoms. The molecule has 4 heteroatoms. The summed E-state index contributed by atoms with van der Waals surface area (Å²) in [5.74, 6) is 1.65. The molecule has 1 saturated heterocycles. The van der Waals surface area contributed by atoms with Gasteiger partial charge < -0.3 is 10.2 Å². The first-order valence-electron chi connectivity index (χ1n) is 7.23. The van der Waals surface area contributed by atoms with Gasteiger partial charge in [-0.15, -0.1) is 0 Å². The van der Waals surface area contributed by atoms with Gasteiger partial charge in [-0.05, 0) is 57.0 Å². The minimum absolute atomic E-state index is 0.277. The fraction of sp³-hybridized carbons (Fsp3) is 0.500. The second kappa shape index (κ2) is 5.51. The lowest BCUT2D eigenvalue weighted by Gasteiger charge is -2.23. The number of fused-ring (bicyclic) bond motifs is 1. The summed E-state index contributed by atoms with van der Waals surface area (Å²) in [6.07, 6.45) is 1.19. The molecule has 1 fully saturated rings. The predicted molar refractivity (Wildman–Crippen MR) is 85.7 cm³/mol. The van der Waals surface area contributed by atoms with Crippen molar-refractivity contribution in [3.05, 3.63) is 34.5 Å². The molecule has 0 radical (unpaired) electrons. The summed E-state index contributed by atoms with van der Waals surface area (Å²) >= 11 is 3.50. The zero-order valence-corrected chi connectivity index (χ0v) is 13.6. The second-order valence-corrected chi connectivity index (χ2v) is 6.83. The van der Waals surface area contributed by atoms with Crippen molar-refractivity contribution < 1.29 is 4.42 Å². The number of nitrogens with zero attached hydrogens (tertiary/aromatic N) is 1. The summed E-state index contributed by atoms with van der Waals surface area (Å²) in [5, 5.41) is 1.16. The van der Waals surface area contributed by atoms with Crippen molar-refractivity contribution in [1.82, 2.24) is 4.90 Å². The average Bonchev–Trinajstić information content (AvgIpc) is 3.03. The molecule has 1 aliphatic rings. The van der Waals surface area contributed by atoms with Gasteiger partial charge in [-0.3, -0.25) is 4.90 Å². The van der Waals surface area contributed by atoms with Crippen LogP contribution in [0.3, 0.4) is 0 Å². The van der Waals surface area contributed by atoms with Crippen molar-refractivity contribution in [3.63, 3.8) is 0 Å². The van der Waals surface area contributed by atoms with Crippen LogP contribution < -0.4 is 5.73 Å². The fourth-order valence-corrected chi connectivity index (χ4v) is 3.40. The molecular formula is C16H21BrN2O. The molecular weight excluding hydrogens is 316 g/mol. The van der Waals surface area contributed by atoms with Crippen molar-refractivity contribution in [1.29, 1.82) is 0 Å². The summed E-state index contributed by atoms with van der Waals surface area (Å²) in [6.45, 7) is 6.50. The highest BCUT2D eigenvalue weighted by Crippen LogP contribution is 2.32. The third-order valence-corrected chi connectivity index (χ3v) is 4.95. The van der Waals surface area contributed by atoms with Crippen LogP contribution in [0.1, 0.15) is 32.1 Å². The lowest BCUT2D eigenvalue weighted by molar-refractivity contribution is 0.223. The number of halogens is 1. The van der Waals surface area contributed by atoms with Crippen LogP contribution in [-0.4, -0.2) is 24.0 Å².